The number of rotatable bonds is 1. The van der Waals surface area contributed by atoms with Crippen LogP contribution in [0.5, 0.6) is 0 Å². The molecule has 0 aromatic heterocycles. The SMILES string of the molecule is CN1CCC(C2CCCCC2N)CC1. The van der Waals surface area contributed by atoms with E-state index in [1.54, 1.807) is 0 Å². The summed E-state index contributed by atoms with van der Waals surface area (Å²) in [6.45, 7) is 2.57. The van der Waals surface area contributed by atoms with Crippen molar-refractivity contribution in [2.24, 2.45) is 17.6 Å². The maximum Gasteiger partial charge on any atom is 0.00698 e. The molecule has 14 heavy (non-hydrogen) atoms. The van der Waals surface area contributed by atoms with Gasteiger partial charge in [0.2, 0.25) is 0 Å². The third kappa shape index (κ3) is 2.29. The van der Waals surface area contributed by atoms with Crippen molar-refractivity contribution >= 4 is 0 Å². The first kappa shape index (κ1) is 10.4. The van der Waals surface area contributed by atoms with Crippen LogP contribution in [0.3, 0.4) is 0 Å². The molecule has 2 aliphatic rings. The van der Waals surface area contributed by atoms with Crippen molar-refractivity contribution < 1.29 is 0 Å². The summed E-state index contributed by atoms with van der Waals surface area (Å²) in [6.07, 6.45) is 8.23. The van der Waals surface area contributed by atoms with E-state index in [4.69, 9.17) is 5.73 Å². The van der Waals surface area contributed by atoms with Crippen LogP contribution in [0.1, 0.15) is 38.5 Å². The Bertz CT molecular complexity index is 173. The summed E-state index contributed by atoms with van der Waals surface area (Å²) in [5, 5.41) is 0. The van der Waals surface area contributed by atoms with Crippen molar-refractivity contribution in [1.29, 1.82) is 0 Å². The Morgan fingerprint density at radius 2 is 1.64 bits per heavy atom. The molecule has 0 amide bonds. The van der Waals surface area contributed by atoms with Crippen molar-refractivity contribution in [3.8, 4) is 0 Å². The summed E-state index contributed by atoms with van der Waals surface area (Å²) in [5.41, 5.74) is 6.23. The Labute approximate surface area is 87.8 Å². The van der Waals surface area contributed by atoms with Gasteiger partial charge < -0.3 is 10.6 Å². The third-order valence-corrected chi connectivity index (χ3v) is 4.24. The average molecular weight is 196 g/mol. The zero-order valence-corrected chi connectivity index (χ0v) is 9.41. The Balaban J connectivity index is 1.87. The molecule has 0 bridgehead atoms. The Hall–Kier alpha value is -0.0800. The van der Waals surface area contributed by atoms with E-state index in [2.05, 4.69) is 11.9 Å². The number of hydrogen-bond acceptors (Lipinski definition) is 2. The number of hydrogen-bond donors (Lipinski definition) is 1. The van der Waals surface area contributed by atoms with Crippen molar-refractivity contribution in [1.82, 2.24) is 4.90 Å². The first-order chi connectivity index (χ1) is 6.77. The van der Waals surface area contributed by atoms with Crippen molar-refractivity contribution in [3.05, 3.63) is 0 Å². The first-order valence-corrected chi connectivity index (χ1v) is 6.21. The Morgan fingerprint density at radius 3 is 2.29 bits per heavy atom. The van der Waals surface area contributed by atoms with Gasteiger partial charge in [-0.25, -0.2) is 0 Å². The summed E-state index contributed by atoms with van der Waals surface area (Å²) in [7, 11) is 2.23. The second kappa shape index (κ2) is 4.63. The topological polar surface area (TPSA) is 29.3 Å². The second-order valence-electron chi connectivity index (χ2n) is 5.25. The molecule has 0 spiro atoms. The molecule has 0 aromatic carbocycles. The van der Waals surface area contributed by atoms with E-state index >= 15 is 0 Å². The molecule has 2 N–H and O–H groups in total. The highest BCUT2D eigenvalue weighted by molar-refractivity contribution is 4.85. The van der Waals surface area contributed by atoms with Crippen LogP contribution in [0, 0.1) is 11.8 Å². The van der Waals surface area contributed by atoms with Crippen LogP contribution in [0.2, 0.25) is 0 Å². The van der Waals surface area contributed by atoms with E-state index in [-0.39, 0.29) is 0 Å². The molecule has 2 unspecified atom stereocenters. The van der Waals surface area contributed by atoms with E-state index in [1.165, 1.54) is 51.6 Å². The van der Waals surface area contributed by atoms with Gasteiger partial charge in [0.15, 0.2) is 0 Å². The van der Waals surface area contributed by atoms with Gasteiger partial charge in [0.05, 0.1) is 0 Å². The quantitative estimate of drug-likeness (QED) is 0.693. The van der Waals surface area contributed by atoms with Crippen LogP contribution in [-0.2, 0) is 0 Å². The fraction of sp³-hybridized carbons (Fsp3) is 1.00. The normalized spacial score (nSPS) is 37.3. The predicted octanol–water partition coefficient (Wildman–Crippen LogP) is 1.85. The number of nitrogens with zero attached hydrogens (tertiary/aromatic N) is 1. The van der Waals surface area contributed by atoms with E-state index in [0.717, 1.165) is 11.8 Å². The van der Waals surface area contributed by atoms with Crippen LogP contribution in [-0.4, -0.2) is 31.1 Å². The minimum atomic E-state index is 0.511. The zero-order valence-electron chi connectivity index (χ0n) is 9.41. The zero-order chi connectivity index (χ0) is 9.97. The molecular weight excluding hydrogens is 172 g/mol. The first-order valence-electron chi connectivity index (χ1n) is 6.21. The summed E-state index contributed by atoms with van der Waals surface area (Å²) >= 11 is 0. The predicted molar refractivity (Wildman–Crippen MR) is 60.2 cm³/mol. The Morgan fingerprint density at radius 1 is 1.00 bits per heavy atom. The molecule has 1 aliphatic heterocycles. The highest BCUT2D eigenvalue weighted by Crippen LogP contribution is 2.34. The summed E-state index contributed by atoms with van der Waals surface area (Å²) < 4.78 is 0. The van der Waals surface area contributed by atoms with Crippen LogP contribution in [0.25, 0.3) is 0 Å². The lowest BCUT2D eigenvalue weighted by molar-refractivity contribution is 0.130. The van der Waals surface area contributed by atoms with Crippen LogP contribution < -0.4 is 5.73 Å². The average Bonchev–Trinajstić information content (AvgIpc) is 2.20. The lowest BCUT2D eigenvalue weighted by Crippen LogP contribution is -2.42. The van der Waals surface area contributed by atoms with Gasteiger partial charge in [-0.2, -0.15) is 0 Å². The van der Waals surface area contributed by atoms with Gasteiger partial charge in [0.25, 0.3) is 0 Å². The molecule has 1 saturated carbocycles. The van der Waals surface area contributed by atoms with E-state index in [1.807, 2.05) is 0 Å². The fourth-order valence-electron chi connectivity index (χ4n) is 3.23. The fourth-order valence-corrected chi connectivity index (χ4v) is 3.23. The van der Waals surface area contributed by atoms with Crippen LogP contribution in [0.4, 0.5) is 0 Å². The van der Waals surface area contributed by atoms with E-state index < -0.39 is 0 Å². The van der Waals surface area contributed by atoms with E-state index in [0.29, 0.717) is 6.04 Å². The summed E-state index contributed by atoms with van der Waals surface area (Å²) in [4.78, 5) is 2.45. The number of nitrogens with two attached hydrogens (primary N) is 1. The van der Waals surface area contributed by atoms with Crippen LogP contribution >= 0.6 is 0 Å². The van der Waals surface area contributed by atoms with Crippen molar-refractivity contribution in [3.63, 3.8) is 0 Å². The summed E-state index contributed by atoms with van der Waals surface area (Å²) in [6, 6.07) is 0.511. The molecule has 0 aromatic rings. The molecule has 1 saturated heterocycles. The van der Waals surface area contributed by atoms with Gasteiger partial charge in [0.1, 0.15) is 0 Å². The highest BCUT2D eigenvalue weighted by Gasteiger charge is 2.31. The lowest BCUT2D eigenvalue weighted by atomic mass is 9.73. The number of likely N-dealkylation sites (tertiary alicyclic amines) is 1. The molecule has 2 nitrogen and oxygen atoms in total. The molecule has 2 fully saturated rings. The Kier molecular flexibility index (Phi) is 3.45. The lowest BCUT2D eigenvalue weighted by Gasteiger charge is -2.39. The molecule has 2 heteroatoms. The maximum absolute atomic E-state index is 6.23. The monoisotopic (exact) mass is 196 g/mol. The minimum Gasteiger partial charge on any atom is -0.327 e. The summed E-state index contributed by atoms with van der Waals surface area (Å²) in [5.74, 6) is 1.78. The van der Waals surface area contributed by atoms with Crippen molar-refractivity contribution in [2.75, 3.05) is 20.1 Å². The van der Waals surface area contributed by atoms with Gasteiger partial charge in [-0.05, 0) is 57.7 Å². The van der Waals surface area contributed by atoms with Gasteiger partial charge in [-0.15, -0.1) is 0 Å². The standard InChI is InChI=1S/C12H24N2/c1-14-8-6-10(7-9-14)11-4-2-3-5-12(11)13/h10-12H,2-9,13H2,1H3. The molecule has 0 radical (unpaired) electrons. The molecule has 1 heterocycles. The van der Waals surface area contributed by atoms with Crippen LogP contribution in [0.15, 0.2) is 0 Å². The molecule has 2 atom stereocenters. The number of piperidine rings is 1. The molecular formula is C12H24N2. The van der Waals surface area contributed by atoms with Crippen molar-refractivity contribution in [2.45, 2.75) is 44.6 Å². The minimum absolute atomic E-state index is 0.511. The smallest absolute Gasteiger partial charge is 0.00698 e. The molecule has 2 rings (SSSR count). The van der Waals surface area contributed by atoms with Gasteiger partial charge >= 0.3 is 0 Å². The second-order valence-corrected chi connectivity index (χ2v) is 5.25. The molecule has 82 valence electrons. The molecule has 1 aliphatic carbocycles. The highest BCUT2D eigenvalue weighted by atomic mass is 15.1. The van der Waals surface area contributed by atoms with Gasteiger partial charge in [0, 0.05) is 6.04 Å². The van der Waals surface area contributed by atoms with Gasteiger partial charge in [-0.1, -0.05) is 12.8 Å². The largest absolute Gasteiger partial charge is 0.327 e. The maximum atomic E-state index is 6.23. The van der Waals surface area contributed by atoms with E-state index in [9.17, 15) is 0 Å². The van der Waals surface area contributed by atoms with Gasteiger partial charge in [-0.3, -0.25) is 0 Å². The third-order valence-electron chi connectivity index (χ3n) is 4.24.